The molecule has 0 radical (unpaired) electrons. The van der Waals surface area contributed by atoms with Crippen LogP contribution in [0.1, 0.15) is 49.3 Å². The smallest absolute Gasteiger partial charge is 0.479 e. The van der Waals surface area contributed by atoms with E-state index in [1.807, 2.05) is 44.2 Å². The molecule has 206 valence electrons. The van der Waals surface area contributed by atoms with Crippen LogP contribution in [0.25, 0.3) is 21.9 Å². The number of nitrogens with zero attached hydrogens (tertiary/aromatic N) is 1. The molecule has 0 fully saturated rings. The first-order chi connectivity index (χ1) is 17.4. The normalized spacial score (nSPS) is 12.6. The molecule has 0 saturated carbocycles. The Kier molecular flexibility index (Phi) is 9.13. The molecule has 3 rings (SSSR count). The van der Waals surface area contributed by atoms with E-state index in [0.29, 0.717) is 28.6 Å². The van der Waals surface area contributed by atoms with Gasteiger partial charge in [-0.25, -0.2) is 9.59 Å². The van der Waals surface area contributed by atoms with Gasteiger partial charge in [0.15, 0.2) is 6.10 Å². The van der Waals surface area contributed by atoms with Crippen molar-refractivity contribution in [2.45, 2.75) is 59.0 Å². The van der Waals surface area contributed by atoms with Crippen molar-refractivity contribution in [2.75, 3.05) is 0 Å². The van der Waals surface area contributed by atoms with E-state index < -0.39 is 29.8 Å². The number of pyridine rings is 1. The maximum absolute atomic E-state index is 13.3. The molecule has 0 saturated heterocycles. The fourth-order valence-electron chi connectivity index (χ4n) is 3.79. The molecule has 0 aliphatic heterocycles. The number of carboxylic acids is 2. The minimum Gasteiger partial charge on any atom is -0.479 e. The molecule has 2 aromatic carbocycles. The van der Waals surface area contributed by atoms with E-state index >= 15 is 0 Å². The summed E-state index contributed by atoms with van der Waals surface area (Å²) in [4.78, 5) is 34.5. The van der Waals surface area contributed by atoms with Crippen molar-refractivity contribution in [1.82, 2.24) is 4.57 Å². The Morgan fingerprint density at radius 2 is 1.58 bits per heavy atom. The number of nitrogens with two attached hydrogens (primary N) is 1. The van der Waals surface area contributed by atoms with Gasteiger partial charge >= 0.3 is 18.1 Å². The largest absolute Gasteiger partial charge is 0.490 e. The molecule has 1 unspecified atom stereocenters. The highest BCUT2D eigenvalue weighted by Gasteiger charge is 2.38. The summed E-state index contributed by atoms with van der Waals surface area (Å²) >= 11 is 0. The number of benzene rings is 2. The second-order valence-corrected chi connectivity index (χ2v) is 9.76. The third-order valence-electron chi connectivity index (χ3n) is 5.72. The van der Waals surface area contributed by atoms with E-state index in [-0.39, 0.29) is 5.56 Å². The maximum Gasteiger partial charge on any atom is 0.490 e. The predicted octanol–water partition coefficient (Wildman–Crippen LogP) is 4.86. The van der Waals surface area contributed by atoms with Crippen molar-refractivity contribution >= 4 is 22.7 Å². The van der Waals surface area contributed by atoms with E-state index in [9.17, 15) is 27.9 Å². The predicted molar refractivity (Wildman–Crippen MR) is 137 cm³/mol. The van der Waals surface area contributed by atoms with Gasteiger partial charge in [0.25, 0.3) is 5.56 Å². The van der Waals surface area contributed by atoms with Crippen LogP contribution in [0.15, 0.2) is 41.2 Å². The maximum atomic E-state index is 13.3. The van der Waals surface area contributed by atoms with Gasteiger partial charge in [0.05, 0.1) is 11.3 Å². The zero-order valence-electron chi connectivity index (χ0n) is 21.9. The molecule has 38 heavy (non-hydrogen) atoms. The van der Waals surface area contributed by atoms with Gasteiger partial charge in [-0.15, -0.1) is 0 Å². The molecule has 4 N–H and O–H groups in total. The van der Waals surface area contributed by atoms with Crippen molar-refractivity contribution < 1.29 is 37.7 Å². The average molecular weight is 537 g/mol. The Balaban J connectivity index is 0.000000638. The van der Waals surface area contributed by atoms with Crippen molar-refractivity contribution in [3.8, 4) is 11.1 Å². The summed E-state index contributed by atoms with van der Waals surface area (Å²) in [7, 11) is 1.60. The fraction of sp³-hybridized carbons (Fsp3) is 0.370. The first-order valence-electron chi connectivity index (χ1n) is 11.5. The van der Waals surface area contributed by atoms with Crippen LogP contribution in [0.4, 0.5) is 13.2 Å². The fourth-order valence-corrected chi connectivity index (χ4v) is 3.79. The molecule has 1 aromatic heterocycles. The number of ether oxygens (including phenoxy) is 1. The third-order valence-corrected chi connectivity index (χ3v) is 5.72. The average Bonchev–Trinajstić information content (AvgIpc) is 2.80. The molecule has 0 bridgehead atoms. The summed E-state index contributed by atoms with van der Waals surface area (Å²) in [6, 6.07) is 11.5. The molecule has 8 nitrogen and oxygen atoms in total. The number of alkyl halides is 3. The quantitative estimate of drug-likeness (QED) is 0.425. The van der Waals surface area contributed by atoms with Gasteiger partial charge < -0.3 is 25.3 Å². The Morgan fingerprint density at radius 1 is 1.00 bits per heavy atom. The summed E-state index contributed by atoms with van der Waals surface area (Å²) in [5.74, 6) is -3.90. The lowest BCUT2D eigenvalue weighted by atomic mass is 9.91. The molecular weight excluding hydrogens is 505 g/mol. The number of rotatable bonds is 5. The van der Waals surface area contributed by atoms with E-state index in [1.54, 1.807) is 33.9 Å². The summed E-state index contributed by atoms with van der Waals surface area (Å²) < 4.78 is 39.1. The van der Waals surface area contributed by atoms with Crippen molar-refractivity contribution in [1.29, 1.82) is 0 Å². The number of carboxylic acid groups (broad SMARTS) is 2. The Hall–Kier alpha value is -3.70. The molecule has 3 aromatic rings. The third kappa shape index (κ3) is 6.99. The molecule has 0 amide bonds. The summed E-state index contributed by atoms with van der Waals surface area (Å²) in [5, 5.41) is 18.4. The molecule has 1 heterocycles. The first kappa shape index (κ1) is 30.5. The van der Waals surface area contributed by atoms with Crippen molar-refractivity contribution in [3.05, 3.63) is 69.1 Å². The van der Waals surface area contributed by atoms with Crippen molar-refractivity contribution in [3.63, 3.8) is 0 Å². The number of hydrogen-bond acceptors (Lipinski definition) is 5. The van der Waals surface area contributed by atoms with Crippen LogP contribution in [0.3, 0.4) is 0 Å². The van der Waals surface area contributed by atoms with Crippen LogP contribution in [0.2, 0.25) is 0 Å². The standard InChI is InChI=1S/C25H30N2O4.C2HF3O2/c1-14-7-9-17(11-15(14)2)20-18-10-8-16(13-26)12-19(18)23(28)27(6)21(20)22(24(29)30)31-25(3,4)5;3-2(4,5)1(6)7/h7-12,22H,13,26H2,1-6H3,(H,29,30);(H,6,7). The lowest BCUT2D eigenvalue weighted by Crippen LogP contribution is -2.33. The van der Waals surface area contributed by atoms with Crippen LogP contribution in [0.5, 0.6) is 0 Å². The lowest BCUT2D eigenvalue weighted by Gasteiger charge is -2.28. The lowest BCUT2D eigenvalue weighted by molar-refractivity contribution is -0.192. The van der Waals surface area contributed by atoms with Crippen molar-refractivity contribution in [2.24, 2.45) is 12.8 Å². The van der Waals surface area contributed by atoms with E-state index in [4.69, 9.17) is 20.4 Å². The van der Waals surface area contributed by atoms with Crippen LogP contribution >= 0.6 is 0 Å². The number of hydrogen-bond donors (Lipinski definition) is 3. The number of fused-ring (bicyclic) bond motifs is 1. The van der Waals surface area contributed by atoms with Crippen LogP contribution in [-0.2, 0) is 27.9 Å². The van der Waals surface area contributed by atoms with Gasteiger partial charge in [-0.2, -0.15) is 13.2 Å². The topological polar surface area (TPSA) is 132 Å². The van der Waals surface area contributed by atoms with Gasteiger partial charge in [0, 0.05) is 24.5 Å². The summed E-state index contributed by atoms with van der Waals surface area (Å²) in [5.41, 5.74) is 9.67. The summed E-state index contributed by atoms with van der Waals surface area (Å²) in [6.07, 6.45) is -6.40. The van der Waals surface area contributed by atoms with E-state index in [0.717, 1.165) is 22.3 Å². The van der Waals surface area contributed by atoms with Gasteiger partial charge in [0.2, 0.25) is 0 Å². The number of halogens is 3. The number of aryl methyl sites for hydroxylation is 2. The molecule has 0 spiro atoms. The van der Waals surface area contributed by atoms with Gasteiger partial charge in [0.1, 0.15) is 0 Å². The molecular formula is C27H31F3N2O6. The van der Waals surface area contributed by atoms with E-state index in [2.05, 4.69) is 0 Å². The Labute approximate surface area is 217 Å². The Morgan fingerprint density at radius 3 is 2.03 bits per heavy atom. The van der Waals surface area contributed by atoms with E-state index in [1.165, 1.54) is 4.57 Å². The SMILES string of the molecule is Cc1ccc(-c2c(C(OC(C)(C)C)C(=O)O)n(C)c(=O)c3cc(CN)ccc23)cc1C.O=C(O)C(F)(F)F. The van der Waals surface area contributed by atoms with Crippen LogP contribution in [-0.4, -0.2) is 38.5 Å². The molecule has 0 aliphatic rings. The minimum absolute atomic E-state index is 0.281. The molecule has 11 heteroatoms. The highest BCUT2D eigenvalue weighted by Crippen LogP contribution is 2.37. The highest BCUT2D eigenvalue weighted by atomic mass is 19.4. The van der Waals surface area contributed by atoms with Gasteiger partial charge in [-0.1, -0.05) is 30.3 Å². The summed E-state index contributed by atoms with van der Waals surface area (Å²) in [6.45, 7) is 9.73. The highest BCUT2D eigenvalue weighted by molar-refractivity contribution is 5.99. The van der Waals surface area contributed by atoms with Gasteiger partial charge in [-0.3, -0.25) is 4.79 Å². The first-order valence-corrected chi connectivity index (χ1v) is 11.5. The van der Waals surface area contributed by atoms with Crippen LogP contribution in [0, 0.1) is 13.8 Å². The molecule has 0 aliphatic carbocycles. The second kappa shape index (κ2) is 11.4. The number of carbonyl (C=O) groups is 2. The van der Waals surface area contributed by atoms with Crippen LogP contribution < -0.4 is 11.3 Å². The van der Waals surface area contributed by atoms with Gasteiger partial charge in [-0.05, 0) is 68.3 Å². The second-order valence-electron chi connectivity index (χ2n) is 9.76. The Bertz CT molecular complexity index is 1420. The zero-order valence-corrected chi connectivity index (χ0v) is 21.9. The minimum atomic E-state index is -5.08. The molecule has 1 atom stereocenters. The number of aliphatic carboxylic acids is 2. The monoisotopic (exact) mass is 536 g/mol. The number of aromatic nitrogens is 1. The zero-order chi connectivity index (χ0) is 29.2.